The molecule has 20 heavy (non-hydrogen) atoms. The summed E-state index contributed by atoms with van der Waals surface area (Å²) in [6.07, 6.45) is 1.38. The number of carboxylic acids is 1. The number of hydrogen-bond donors (Lipinski definition) is 3. The Morgan fingerprint density at radius 3 is 2.10 bits per heavy atom. The van der Waals surface area contributed by atoms with Crippen molar-refractivity contribution < 1.29 is 14.7 Å². The Bertz CT molecular complexity index is 363. The van der Waals surface area contributed by atoms with Crippen molar-refractivity contribution in [1.29, 1.82) is 0 Å². The summed E-state index contributed by atoms with van der Waals surface area (Å²) >= 11 is 0. The molecule has 0 saturated heterocycles. The molecule has 1 fully saturated rings. The van der Waals surface area contributed by atoms with Crippen molar-refractivity contribution in [3.8, 4) is 0 Å². The molecule has 0 radical (unpaired) electrons. The Kier molecular flexibility index (Phi) is 5.05. The highest BCUT2D eigenvalue weighted by Gasteiger charge is 2.64. The van der Waals surface area contributed by atoms with Gasteiger partial charge in [-0.05, 0) is 23.2 Å². The molecule has 0 aromatic rings. The molecule has 0 spiro atoms. The van der Waals surface area contributed by atoms with Crippen LogP contribution in [0, 0.1) is 22.7 Å². The summed E-state index contributed by atoms with van der Waals surface area (Å²) in [5, 5.41) is 14.5. The zero-order valence-electron chi connectivity index (χ0n) is 13.2. The van der Waals surface area contributed by atoms with Gasteiger partial charge < -0.3 is 15.7 Å². The van der Waals surface area contributed by atoms with Gasteiger partial charge in [0.1, 0.15) is 0 Å². The Morgan fingerprint density at radius 2 is 1.70 bits per heavy atom. The van der Waals surface area contributed by atoms with E-state index in [0.717, 1.165) is 6.42 Å². The lowest BCUT2D eigenvalue weighted by Gasteiger charge is -2.13. The molecule has 3 N–H and O–H groups in total. The van der Waals surface area contributed by atoms with Crippen LogP contribution in [0.25, 0.3) is 0 Å². The van der Waals surface area contributed by atoms with Crippen LogP contribution in [0.5, 0.6) is 0 Å². The maximum Gasteiger partial charge on any atom is 0.314 e. The molecule has 1 aliphatic rings. The van der Waals surface area contributed by atoms with E-state index in [4.69, 9.17) is 5.11 Å². The van der Waals surface area contributed by atoms with Crippen LogP contribution in [-0.4, -0.2) is 30.2 Å². The van der Waals surface area contributed by atoms with Crippen LogP contribution >= 0.6 is 0 Å². The number of hydrogen-bond acceptors (Lipinski definition) is 2. The van der Waals surface area contributed by atoms with Crippen molar-refractivity contribution in [2.24, 2.45) is 22.7 Å². The van der Waals surface area contributed by atoms with Crippen LogP contribution in [0.15, 0.2) is 0 Å². The fourth-order valence-electron chi connectivity index (χ4n) is 2.98. The number of carbonyl (C=O) groups is 2. The summed E-state index contributed by atoms with van der Waals surface area (Å²) in [6, 6.07) is -0.272. The second-order valence-corrected chi connectivity index (χ2v) is 6.91. The molecule has 0 aliphatic heterocycles. The lowest BCUT2D eigenvalue weighted by molar-refractivity contribution is -0.141. The van der Waals surface area contributed by atoms with Crippen molar-refractivity contribution in [2.75, 3.05) is 13.1 Å². The fourth-order valence-corrected chi connectivity index (χ4v) is 2.98. The molecule has 0 bridgehead atoms. The van der Waals surface area contributed by atoms with Crippen molar-refractivity contribution in [2.45, 2.75) is 47.5 Å². The molecule has 5 nitrogen and oxygen atoms in total. The van der Waals surface area contributed by atoms with Gasteiger partial charge >= 0.3 is 12.0 Å². The number of carboxylic acid groups (broad SMARTS) is 1. The Labute approximate surface area is 121 Å². The predicted molar refractivity (Wildman–Crippen MR) is 78.5 cm³/mol. The molecule has 1 aliphatic carbocycles. The third-order valence-electron chi connectivity index (χ3n) is 5.28. The van der Waals surface area contributed by atoms with Crippen LogP contribution in [0.3, 0.4) is 0 Å². The summed E-state index contributed by atoms with van der Waals surface area (Å²) in [5.41, 5.74) is 0.484. The largest absolute Gasteiger partial charge is 0.481 e. The van der Waals surface area contributed by atoms with E-state index in [0.29, 0.717) is 18.9 Å². The smallest absolute Gasteiger partial charge is 0.314 e. The Balaban J connectivity index is 2.30. The molecule has 1 saturated carbocycles. The van der Waals surface area contributed by atoms with Crippen LogP contribution in [0.1, 0.15) is 47.5 Å². The minimum Gasteiger partial charge on any atom is -0.481 e. The molecule has 116 valence electrons. The van der Waals surface area contributed by atoms with Crippen molar-refractivity contribution in [3.05, 3.63) is 0 Å². The highest BCUT2D eigenvalue weighted by atomic mass is 16.4. The second-order valence-electron chi connectivity index (χ2n) is 6.91. The zero-order chi connectivity index (χ0) is 15.6. The summed E-state index contributed by atoms with van der Waals surface area (Å²) in [6.45, 7) is 11.6. The predicted octanol–water partition coefficient (Wildman–Crippen LogP) is 2.47. The van der Waals surface area contributed by atoms with Crippen LogP contribution in [0.2, 0.25) is 0 Å². The fraction of sp³-hybridized carbons (Fsp3) is 0.867. The quantitative estimate of drug-likeness (QED) is 0.672. The third-order valence-corrected chi connectivity index (χ3v) is 5.28. The third kappa shape index (κ3) is 3.44. The molecule has 5 heteroatoms. The van der Waals surface area contributed by atoms with Crippen LogP contribution in [-0.2, 0) is 4.79 Å². The number of rotatable bonds is 7. The van der Waals surface area contributed by atoms with E-state index in [1.54, 1.807) is 0 Å². The number of urea groups is 1. The first-order valence-corrected chi connectivity index (χ1v) is 7.39. The summed E-state index contributed by atoms with van der Waals surface area (Å²) in [7, 11) is 0. The molecule has 0 aromatic carbocycles. The van der Waals surface area contributed by atoms with Crippen molar-refractivity contribution in [3.63, 3.8) is 0 Å². The zero-order valence-corrected chi connectivity index (χ0v) is 13.2. The molecular formula is C15H28N2O3. The first-order chi connectivity index (χ1) is 9.14. The minimum absolute atomic E-state index is 0.187. The van der Waals surface area contributed by atoms with Gasteiger partial charge in [0.25, 0.3) is 0 Å². The average Bonchev–Trinajstić information content (AvgIpc) is 2.72. The van der Waals surface area contributed by atoms with E-state index in [2.05, 4.69) is 38.3 Å². The maximum atomic E-state index is 11.7. The molecule has 1 atom stereocenters. The number of nitrogens with one attached hydrogen (secondary N) is 2. The van der Waals surface area contributed by atoms with Gasteiger partial charge in [-0.15, -0.1) is 0 Å². The topological polar surface area (TPSA) is 78.4 Å². The van der Waals surface area contributed by atoms with Crippen LogP contribution < -0.4 is 10.6 Å². The average molecular weight is 284 g/mol. The lowest BCUT2D eigenvalue weighted by atomic mass is 10.0. The van der Waals surface area contributed by atoms with Gasteiger partial charge in [0.2, 0.25) is 0 Å². The lowest BCUT2D eigenvalue weighted by Crippen LogP contribution is -2.41. The highest BCUT2D eigenvalue weighted by molar-refractivity contribution is 5.75. The monoisotopic (exact) mass is 284 g/mol. The number of aliphatic carboxylic acids is 1. The molecule has 0 heterocycles. The standard InChI is InChI=1S/C15H28N2O3/c1-6-7-10(12(18)19)8-16-13(20)17-9-11-14(2,3)15(11,4)5/h10-11H,6-9H2,1-5H3,(H,18,19)(H2,16,17,20). The van der Waals surface area contributed by atoms with Gasteiger partial charge in [0, 0.05) is 13.1 Å². The van der Waals surface area contributed by atoms with Crippen molar-refractivity contribution in [1.82, 2.24) is 10.6 Å². The normalized spacial score (nSPS) is 21.1. The van der Waals surface area contributed by atoms with E-state index in [9.17, 15) is 9.59 Å². The van der Waals surface area contributed by atoms with Crippen molar-refractivity contribution >= 4 is 12.0 Å². The van der Waals surface area contributed by atoms with Gasteiger partial charge in [-0.2, -0.15) is 0 Å². The van der Waals surface area contributed by atoms with Gasteiger partial charge in [-0.1, -0.05) is 41.0 Å². The number of carbonyl (C=O) groups excluding carboxylic acids is 1. The van der Waals surface area contributed by atoms with E-state index in [1.165, 1.54) is 0 Å². The summed E-state index contributed by atoms with van der Waals surface area (Å²) in [5.74, 6) is -0.886. The Morgan fingerprint density at radius 1 is 1.15 bits per heavy atom. The van der Waals surface area contributed by atoms with E-state index in [-0.39, 0.29) is 23.4 Å². The summed E-state index contributed by atoms with van der Waals surface area (Å²) in [4.78, 5) is 22.7. The first kappa shape index (κ1) is 16.8. The SMILES string of the molecule is CCCC(CNC(=O)NCC1C(C)(C)C1(C)C)C(=O)O. The Hall–Kier alpha value is -1.26. The van der Waals surface area contributed by atoms with Gasteiger partial charge in [0.15, 0.2) is 0 Å². The molecule has 2 amide bonds. The molecule has 1 rings (SSSR count). The van der Waals surface area contributed by atoms with E-state index in [1.807, 2.05) is 6.92 Å². The molecule has 1 unspecified atom stereocenters. The first-order valence-electron chi connectivity index (χ1n) is 7.39. The van der Waals surface area contributed by atoms with E-state index < -0.39 is 11.9 Å². The van der Waals surface area contributed by atoms with Gasteiger partial charge in [-0.25, -0.2) is 4.79 Å². The number of amides is 2. The van der Waals surface area contributed by atoms with Crippen LogP contribution in [0.4, 0.5) is 4.79 Å². The van der Waals surface area contributed by atoms with Gasteiger partial charge in [0.05, 0.1) is 5.92 Å². The molecular weight excluding hydrogens is 256 g/mol. The van der Waals surface area contributed by atoms with Gasteiger partial charge in [-0.3, -0.25) is 4.79 Å². The summed E-state index contributed by atoms with van der Waals surface area (Å²) < 4.78 is 0. The highest BCUT2D eigenvalue weighted by Crippen LogP contribution is 2.67. The minimum atomic E-state index is -0.850. The van der Waals surface area contributed by atoms with E-state index >= 15 is 0 Å². The maximum absolute atomic E-state index is 11.7. The molecule has 0 aromatic heterocycles. The second kappa shape index (κ2) is 6.02.